The second-order valence-corrected chi connectivity index (χ2v) is 5.10. The molecular weight excluding hydrogens is 238 g/mol. The summed E-state index contributed by atoms with van der Waals surface area (Å²) in [5, 5.41) is 12.3. The first-order chi connectivity index (χ1) is 9.11. The van der Waals surface area contributed by atoms with Crippen molar-refractivity contribution in [1.82, 2.24) is 19.6 Å². The summed E-state index contributed by atoms with van der Waals surface area (Å²) >= 11 is 0. The predicted octanol–water partition coefficient (Wildman–Crippen LogP) is 2.99. The van der Waals surface area contributed by atoms with Crippen molar-refractivity contribution in [1.29, 1.82) is 0 Å². The molecule has 5 nitrogen and oxygen atoms in total. The Balaban J connectivity index is 2.04. The normalized spacial score (nSPS) is 11.2. The zero-order valence-corrected chi connectivity index (χ0v) is 12.2. The Morgan fingerprint density at radius 1 is 1.37 bits per heavy atom. The molecule has 0 aromatic carbocycles. The molecule has 0 saturated carbocycles. The van der Waals surface area contributed by atoms with Gasteiger partial charge < -0.3 is 5.32 Å². The maximum absolute atomic E-state index is 4.50. The lowest BCUT2D eigenvalue weighted by molar-refractivity contribution is 0.529. The van der Waals surface area contributed by atoms with Crippen LogP contribution in [-0.4, -0.2) is 19.6 Å². The van der Waals surface area contributed by atoms with Crippen LogP contribution < -0.4 is 5.32 Å². The van der Waals surface area contributed by atoms with E-state index in [2.05, 4.69) is 53.2 Å². The number of anilines is 1. The molecule has 0 aliphatic carbocycles. The molecule has 0 aliphatic heterocycles. The summed E-state index contributed by atoms with van der Waals surface area (Å²) in [6.07, 6.45) is 5.02. The lowest BCUT2D eigenvalue weighted by Crippen LogP contribution is -2.09. The number of rotatable bonds is 6. The second-order valence-electron chi connectivity index (χ2n) is 5.10. The summed E-state index contributed by atoms with van der Waals surface area (Å²) in [7, 11) is 0. The van der Waals surface area contributed by atoms with Crippen LogP contribution in [0.1, 0.15) is 44.6 Å². The summed E-state index contributed by atoms with van der Waals surface area (Å²) < 4.78 is 4.04. The lowest BCUT2D eigenvalue weighted by atomic mass is 10.3. The standard InChI is InChI=1S/C14H23N5/c1-5-8-18-13(6-7-16-18)9-15-14-10-19(11(2)3)17-12(14)4/h6-7,10-11,15H,5,8-9H2,1-4H3. The van der Waals surface area contributed by atoms with Crippen LogP contribution in [0.5, 0.6) is 0 Å². The fourth-order valence-electron chi connectivity index (χ4n) is 2.03. The number of hydrogen-bond acceptors (Lipinski definition) is 3. The predicted molar refractivity (Wildman–Crippen MR) is 77.2 cm³/mol. The molecule has 104 valence electrons. The molecule has 2 heterocycles. The van der Waals surface area contributed by atoms with E-state index in [0.29, 0.717) is 6.04 Å². The van der Waals surface area contributed by atoms with Gasteiger partial charge in [0.1, 0.15) is 0 Å². The highest BCUT2D eigenvalue weighted by atomic mass is 15.3. The van der Waals surface area contributed by atoms with E-state index in [1.54, 1.807) is 0 Å². The molecule has 0 aliphatic rings. The van der Waals surface area contributed by atoms with Gasteiger partial charge in [-0.15, -0.1) is 0 Å². The van der Waals surface area contributed by atoms with Crippen LogP contribution in [0.25, 0.3) is 0 Å². The van der Waals surface area contributed by atoms with Crippen LogP contribution in [0.4, 0.5) is 5.69 Å². The summed E-state index contributed by atoms with van der Waals surface area (Å²) in [5.74, 6) is 0. The van der Waals surface area contributed by atoms with Crippen LogP contribution in [-0.2, 0) is 13.1 Å². The van der Waals surface area contributed by atoms with Gasteiger partial charge in [0.2, 0.25) is 0 Å². The van der Waals surface area contributed by atoms with E-state index in [4.69, 9.17) is 0 Å². The van der Waals surface area contributed by atoms with Gasteiger partial charge in [-0.3, -0.25) is 9.36 Å². The third kappa shape index (κ3) is 3.16. The minimum absolute atomic E-state index is 0.389. The SMILES string of the molecule is CCCn1nccc1CNc1cn(C(C)C)nc1C. The number of nitrogens with zero attached hydrogens (tertiary/aromatic N) is 4. The van der Waals surface area contributed by atoms with Crippen LogP contribution >= 0.6 is 0 Å². The fourth-order valence-corrected chi connectivity index (χ4v) is 2.03. The van der Waals surface area contributed by atoms with Crippen molar-refractivity contribution >= 4 is 5.69 Å². The molecule has 0 saturated heterocycles. The second kappa shape index (κ2) is 5.91. The molecule has 0 spiro atoms. The highest BCUT2D eigenvalue weighted by molar-refractivity contribution is 5.45. The first-order valence-electron chi connectivity index (χ1n) is 6.92. The molecule has 0 bridgehead atoms. The summed E-state index contributed by atoms with van der Waals surface area (Å²) in [6.45, 7) is 10.2. The monoisotopic (exact) mass is 261 g/mol. The van der Waals surface area contributed by atoms with E-state index >= 15 is 0 Å². The van der Waals surface area contributed by atoms with Gasteiger partial charge >= 0.3 is 0 Å². The molecule has 0 atom stereocenters. The van der Waals surface area contributed by atoms with Crippen molar-refractivity contribution in [2.45, 2.75) is 53.2 Å². The Bertz CT molecular complexity index is 524. The zero-order chi connectivity index (χ0) is 13.8. The first kappa shape index (κ1) is 13.6. The topological polar surface area (TPSA) is 47.7 Å². The molecule has 19 heavy (non-hydrogen) atoms. The lowest BCUT2D eigenvalue weighted by Gasteiger charge is -2.08. The molecule has 0 radical (unpaired) electrons. The van der Waals surface area contributed by atoms with Gasteiger partial charge in [0.25, 0.3) is 0 Å². The van der Waals surface area contributed by atoms with E-state index in [1.807, 2.05) is 17.8 Å². The quantitative estimate of drug-likeness (QED) is 0.869. The molecule has 0 unspecified atom stereocenters. The maximum atomic E-state index is 4.50. The first-order valence-corrected chi connectivity index (χ1v) is 6.92. The minimum Gasteiger partial charge on any atom is -0.377 e. The molecule has 0 fully saturated rings. The fraction of sp³-hybridized carbons (Fsp3) is 0.571. The van der Waals surface area contributed by atoms with Crippen molar-refractivity contribution in [2.75, 3.05) is 5.32 Å². The molecule has 5 heteroatoms. The van der Waals surface area contributed by atoms with Gasteiger partial charge in [-0.05, 0) is 33.3 Å². The number of aromatic nitrogens is 4. The van der Waals surface area contributed by atoms with E-state index in [9.17, 15) is 0 Å². The van der Waals surface area contributed by atoms with Crippen LogP contribution in [0.2, 0.25) is 0 Å². The van der Waals surface area contributed by atoms with Crippen molar-refractivity contribution in [3.05, 3.63) is 29.8 Å². The molecule has 2 aromatic rings. The van der Waals surface area contributed by atoms with Crippen LogP contribution in [0.3, 0.4) is 0 Å². The van der Waals surface area contributed by atoms with E-state index < -0.39 is 0 Å². The number of nitrogens with one attached hydrogen (secondary N) is 1. The Kier molecular flexibility index (Phi) is 4.24. The van der Waals surface area contributed by atoms with Gasteiger partial charge in [0, 0.05) is 25.0 Å². The van der Waals surface area contributed by atoms with Crippen molar-refractivity contribution < 1.29 is 0 Å². The zero-order valence-electron chi connectivity index (χ0n) is 12.2. The average molecular weight is 261 g/mol. The highest BCUT2D eigenvalue weighted by Gasteiger charge is 2.08. The molecule has 0 amide bonds. The maximum Gasteiger partial charge on any atom is 0.0825 e. The summed E-state index contributed by atoms with van der Waals surface area (Å²) in [5.41, 5.74) is 3.34. The van der Waals surface area contributed by atoms with Gasteiger partial charge in [0.15, 0.2) is 0 Å². The number of aryl methyl sites for hydroxylation is 2. The van der Waals surface area contributed by atoms with Crippen LogP contribution in [0.15, 0.2) is 18.5 Å². The molecule has 2 rings (SSSR count). The summed E-state index contributed by atoms with van der Waals surface area (Å²) in [6, 6.07) is 2.45. The highest BCUT2D eigenvalue weighted by Crippen LogP contribution is 2.16. The van der Waals surface area contributed by atoms with E-state index in [1.165, 1.54) is 5.69 Å². The molecular formula is C14H23N5. The van der Waals surface area contributed by atoms with Gasteiger partial charge in [0.05, 0.1) is 23.6 Å². The third-order valence-corrected chi connectivity index (χ3v) is 3.15. The van der Waals surface area contributed by atoms with E-state index in [-0.39, 0.29) is 0 Å². The Morgan fingerprint density at radius 2 is 2.16 bits per heavy atom. The van der Waals surface area contributed by atoms with Gasteiger partial charge in [-0.2, -0.15) is 10.2 Å². The number of hydrogen-bond donors (Lipinski definition) is 1. The summed E-state index contributed by atoms with van der Waals surface area (Å²) in [4.78, 5) is 0. The molecule has 2 aromatic heterocycles. The Hall–Kier alpha value is -1.78. The smallest absolute Gasteiger partial charge is 0.0825 e. The van der Waals surface area contributed by atoms with Gasteiger partial charge in [-0.1, -0.05) is 6.92 Å². The third-order valence-electron chi connectivity index (χ3n) is 3.15. The van der Waals surface area contributed by atoms with Crippen molar-refractivity contribution in [3.63, 3.8) is 0 Å². The van der Waals surface area contributed by atoms with E-state index in [0.717, 1.165) is 30.9 Å². The van der Waals surface area contributed by atoms with Crippen molar-refractivity contribution in [2.24, 2.45) is 0 Å². The van der Waals surface area contributed by atoms with Crippen molar-refractivity contribution in [3.8, 4) is 0 Å². The Morgan fingerprint density at radius 3 is 2.79 bits per heavy atom. The average Bonchev–Trinajstić information content (AvgIpc) is 2.94. The molecule has 1 N–H and O–H groups in total. The Labute approximate surface area is 114 Å². The largest absolute Gasteiger partial charge is 0.377 e. The van der Waals surface area contributed by atoms with Crippen LogP contribution in [0, 0.1) is 6.92 Å². The minimum atomic E-state index is 0.389. The van der Waals surface area contributed by atoms with Gasteiger partial charge in [-0.25, -0.2) is 0 Å².